The van der Waals surface area contributed by atoms with Crippen LogP contribution in [-0.4, -0.2) is 15.8 Å². The largest absolute Gasteiger partial charge is 0.351 e. The van der Waals surface area contributed by atoms with Gasteiger partial charge in [-0.05, 0) is 12.8 Å². The van der Waals surface area contributed by atoms with Crippen LogP contribution in [0.15, 0.2) is 18.7 Å². The number of imidazole rings is 1. The number of hydrogen-bond acceptors (Lipinski definition) is 2. The summed E-state index contributed by atoms with van der Waals surface area (Å²) < 4.78 is 0. The summed E-state index contributed by atoms with van der Waals surface area (Å²) in [4.78, 5) is 16.9. The molecule has 0 atom stereocenters. The molecule has 2 rings (SSSR count). The molecule has 1 heterocycles. The number of Topliss-reactive ketones (excluding diaryl/α,β-unsaturated/α-hetero) is 1. The Morgan fingerprint density at radius 2 is 2.00 bits per heavy atom. The maximum absolute atomic E-state index is 10.5. The molecule has 0 spiro atoms. The van der Waals surface area contributed by atoms with Crippen LogP contribution in [0, 0.1) is 0 Å². The zero-order valence-electron chi connectivity index (χ0n) is 7.12. The normalized spacial score (nSPS) is 16.5. The zero-order valence-corrected chi connectivity index (χ0v) is 7.12. The van der Waals surface area contributed by atoms with Crippen LogP contribution in [0.4, 0.5) is 0 Å². The third-order valence-electron chi connectivity index (χ3n) is 1.82. The summed E-state index contributed by atoms with van der Waals surface area (Å²) in [6.45, 7) is 0. The van der Waals surface area contributed by atoms with Gasteiger partial charge in [-0.1, -0.05) is 6.42 Å². The average molecular weight is 166 g/mol. The third kappa shape index (κ3) is 3.91. The van der Waals surface area contributed by atoms with Gasteiger partial charge in [0.05, 0.1) is 6.33 Å². The number of rotatable bonds is 0. The lowest BCUT2D eigenvalue weighted by Gasteiger charge is -2.05. The predicted octanol–water partition coefficient (Wildman–Crippen LogP) is 1.93. The van der Waals surface area contributed by atoms with Crippen LogP contribution in [0.3, 0.4) is 0 Å². The smallest absolute Gasteiger partial charge is 0.132 e. The van der Waals surface area contributed by atoms with E-state index in [0.29, 0.717) is 5.78 Å². The highest BCUT2D eigenvalue weighted by Gasteiger charge is 2.05. The van der Waals surface area contributed by atoms with Gasteiger partial charge in [-0.15, -0.1) is 0 Å². The molecule has 3 heteroatoms. The third-order valence-corrected chi connectivity index (χ3v) is 1.82. The molecule has 0 aliphatic heterocycles. The highest BCUT2D eigenvalue weighted by atomic mass is 16.1. The molecule has 0 radical (unpaired) electrons. The lowest BCUT2D eigenvalue weighted by atomic mass is 10.00. The summed E-state index contributed by atoms with van der Waals surface area (Å²) in [6, 6.07) is 0. The number of aromatic amines is 1. The standard InChI is InChI=1S/C6H10O.C3H4N2/c7-6-4-2-1-3-5-6;1-2-5-3-4-1/h1-5H2;1-3H,(H,4,5). The zero-order chi connectivity index (χ0) is 8.65. The first kappa shape index (κ1) is 8.97. The molecular weight excluding hydrogens is 152 g/mol. The summed E-state index contributed by atoms with van der Waals surface area (Å²) >= 11 is 0. The second kappa shape index (κ2) is 5.52. The Morgan fingerprint density at radius 3 is 2.25 bits per heavy atom. The second-order valence-electron chi connectivity index (χ2n) is 2.86. The van der Waals surface area contributed by atoms with E-state index in [1.54, 1.807) is 18.7 Å². The average Bonchev–Trinajstić information content (AvgIpc) is 2.62. The highest BCUT2D eigenvalue weighted by Crippen LogP contribution is 2.12. The van der Waals surface area contributed by atoms with Gasteiger partial charge in [0.1, 0.15) is 5.78 Å². The molecule has 0 saturated heterocycles. The minimum absolute atomic E-state index is 0.464. The second-order valence-corrected chi connectivity index (χ2v) is 2.86. The molecule has 12 heavy (non-hydrogen) atoms. The molecular formula is C9H14N2O. The summed E-state index contributed by atoms with van der Waals surface area (Å²) in [6.07, 6.45) is 10.3. The van der Waals surface area contributed by atoms with Crippen molar-refractivity contribution in [2.24, 2.45) is 0 Å². The van der Waals surface area contributed by atoms with E-state index >= 15 is 0 Å². The summed E-state index contributed by atoms with van der Waals surface area (Å²) in [5, 5.41) is 0. The van der Waals surface area contributed by atoms with Crippen molar-refractivity contribution in [3.05, 3.63) is 18.7 Å². The SMILES string of the molecule is O=C1CCCCC1.c1c[nH]cn1. The molecule has 0 aromatic carbocycles. The summed E-state index contributed by atoms with van der Waals surface area (Å²) in [7, 11) is 0. The Balaban J connectivity index is 0.000000127. The van der Waals surface area contributed by atoms with Gasteiger partial charge in [-0.3, -0.25) is 4.79 Å². The van der Waals surface area contributed by atoms with E-state index in [1.807, 2.05) is 0 Å². The van der Waals surface area contributed by atoms with Crippen molar-refractivity contribution in [2.75, 3.05) is 0 Å². The van der Waals surface area contributed by atoms with E-state index in [9.17, 15) is 4.79 Å². The molecule has 1 fully saturated rings. The Morgan fingerprint density at radius 1 is 1.25 bits per heavy atom. The molecule has 1 aliphatic rings. The Labute approximate surface area is 72.2 Å². The molecule has 1 N–H and O–H groups in total. The van der Waals surface area contributed by atoms with Gasteiger partial charge >= 0.3 is 0 Å². The van der Waals surface area contributed by atoms with Crippen molar-refractivity contribution in [3.8, 4) is 0 Å². The molecule has 1 saturated carbocycles. The van der Waals surface area contributed by atoms with Crippen molar-refractivity contribution in [3.63, 3.8) is 0 Å². The van der Waals surface area contributed by atoms with Gasteiger partial charge in [0.15, 0.2) is 0 Å². The fourth-order valence-corrected chi connectivity index (χ4v) is 1.16. The highest BCUT2D eigenvalue weighted by molar-refractivity contribution is 5.78. The maximum atomic E-state index is 10.5. The minimum atomic E-state index is 0.464. The molecule has 1 aromatic heterocycles. The number of aromatic nitrogens is 2. The van der Waals surface area contributed by atoms with Crippen LogP contribution in [0.25, 0.3) is 0 Å². The molecule has 3 nitrogen and oxygen atoms in total. The monoisotopic (exact) mass is 166 g/mol. The van der Waals surface area contributed by atoms with E-state index in [2.05, 4.69) is 9.97 Å². The van der Waals surface area contributed by atoms with Crippen LogP contribution >= 0.6 is 0 Å². The van der Waals surface area contributed by atoms with Crippen LogP contribution in [0.5, 0.6) is 0 Å². The first-order valence-corrected chi connectivity index (χ1v) is 4.34. The van der Waals surface area contributed by atoms with E-state index in [0.717, 1.165) is 25.7 Å². The van der Waals surface area contributed by atoms with Gasteiger partial charge < -0.3 is 4.98 Å². The van der Waals surface area contributed by atoms with Crippen LogP contribution in [0.1, 0.15) is 32.1 Å². The number of carbonyl (C=O) groups is 1. The Bertz CT molecular complexity index is 181. The molecule has 1 aliphatic carbocycles. The minimum Gasteiger partial charge on any atom is -0.351 e. The number of nitrogens with zero attached hydrogens (tertiary/aromatic N) is 1. The van der Waals surface area contributed by atoms with Crippen molar-refractivity contribution in [2.45, 2.75) is 32.1 Å². The molecule has 0 amide bonds. The van der Waals surface area contributed by atoms with Crippen LogP contribution in [-0.2, 0) is 4.79 Å². The summed E-state index contributed by atoms with van der Waals surface area (Å²) in [5.41, 5.74) is 0. The number of H-pyrrole nitrogens is 1. The molecule has 66 valence electrons. The molecule has 1 aromatic rings. The predicted molar refractivity (Wildman–Crippen MR) is 46.7 cm³/mol. The van der Waals surface area contributed by atoms with E-state index in [4.69, 9.17) is 0 Å². The fraction of sp³-hybridized carbons (Fsp3) is 0.556. The quantitative estimate of drug-likeness (QED) is 0.640. The van der Waals surface area contributed by atoms with Crippen molar-refractivity contribution in [1.82, 2.24) is 9.97 Å². The number of nitrogens with one attached hydrogen (secondary N) is 1. The first-order chi connectivity index (χ1) is 5.89. The van der Waals surface area contributed by atoms with Crippen molar-refractivity contribution >= 4 is 5.78 Å². The number of carbonyl (C=O) groups excluding carboxylic acids is 1. The lowest BCUT2D eigenvalue weighted by molar-refractivity contribution is -0.120. The number of ketones is 1. The maximum Gasteiger partial charge on any atom is 0.132 e. The number of hydrogen-bond donors (Lipinski definition) is 1. The van der Waals surface area contributed by atoms with E-state index < -0.39 is 0 Å². The molecule has 0 bridgehead atoms. The van der Waals surface area contributed by atoms with Crippen molar-refractivity contribution in [1.29, 1.82) is 0 Å². The van der Waals surface area contributed by atoms with Gasteiger partial charge in [-0.2, -0.15) is 0 Å². The molecule has 0 unspecified atom stereocenters. The lowest BCUT2D eigenvalue weighted by Crippen LogP contribution is -2.02. The Kier molecular flexibility index (Phi) is 4.13. The van der Waals surface area contributed by atoms with Gasteiger partial charge in [0, 0.05) is 25.2 Å². The van der Waals surface area contributed by atoms with E-state index in [-0.39, 0.29) is 0 Å². The van der Waals surface area contributed by atoms with Crippen molar-refractivity contribution < 1.29 is 4.79 Å². The Hall–Kier alpha value is -1.12. The van der Waals surface area contributed by atoms with Gasteiger partial charge in [-0.25, -0.2) is 4.98 Å². The topological polar surface area (TPSA) is 45.8 Å². The van der Waals surface area contributed by atoms with E-state index in [1.165, 1.54) is 6.42 Å². The van der Waals surface area contributed by atoms with Crippen LogP contribution < -0.4 is 0 Å². The van der Waals surface area contributed by atoms with Gasteiger partial charge in [0.25, 0.3) is 0 Å². The van der Waals surface area contributed by atoms with Gasteiger partial charge in [0.2, 0.25) is 0 Å². The van der Waals surface area contributed by atoms with Crippen LogP contribution in [0.2, 0.25) is 0 Å². The summed E-state index contributed by atoms with van der Waals surface area (Å²) in [5.74, 6) is 0.464. The first-order valence-electron chi connectivity index (χ1n) is 4.34. The fourth-order valence-electron chi connectivity index (χ4n) is 1.16.